The highest BCUT2D eigenvalue weighted by Gasteiger charge is 2.33. The number of hydrogen-bond donors (Lipinski definition) is 0. The second kappa shape index (κ2) is 8.34. The normalized spacial score (nSPS) is 25.1. The fourth-order valence-electron chi connectivity index (χ4n) is 3.51. The molecule has 3 atom stereocenters. The summed E-state index contributed by atoms with van der Waals surface area (Å²) in [5, 5.41) is 0. The Morgan fingerprint density at radius 3 is 2.68 bits per heavy atom. The van der Waals surface area contributed by atoms with Crippen LogP contribution >= 0.6 is 15.9 Å². The molecule has 2 rings (SSSR count). The second-order valence-corrected chi connectivity index (χ2v) is 8.08. The predicted molar refractivity (Wildman–Crippen MR) is 102 cm³/mol. The number of benzene rings is 1. The summed E-state index contributed by atoms with van der Waals surface area (Å²) in [6, 6.07) is 6.96. The van der Waals surface area contributed by atoms with E-state index in [9.17, 15) is 0 Å². The van der Waals surface area contributed by atoms with E-state index in [-0.39, 0.29) is 0 Å². The van der Waals surface area contributed by atoms with Crippen molar-refractivity contribution in [2.75, 3.05) is 0 Å². The molecule has 122 valence electrons. The summed E-state index contributed by atoms with van der Waals surface area (Å²) in [6.45, 7) is 9.26. The minimum Gasteiger partial charge on any atom is -0.0694 e. The van der Waals surface area contributed by atoms with Crippen molar-refractivity contribution in [3.63, 3.8) is 0 Å². The SMILES string of the molecule is CCCCCc1ccc(C)c(/C(Br)=C\CC2CC(C)C2C)c1. The summed E-state index contributed by atoms with van der Waals surface area (Å²) in [7, 11) is 0. The molecule has 1 aliphatic carbocycles. The van der Waals surface area contributed by atoms with Crippen molar-refractivity contribution in [2.24, 2.45) is 17.8 Å². The van der Waals surface area contributed by atoms with Crippen molar-refractivity contribution in [3.8, 4) is 0 Å². The highest BCUT2D eigenvalue weighted by Crippen LogP contribution is 2.42. The quantitative estimate of drug-likeness (QED) is 0.451. The van der Waals surface area contributed by atoms with Crippen LogP contribution in [0.15, 0.2) is 24.3 Å². The van der Waals surface area contributed by atoms with E-state index in [2.05, 4.69) is 67.9 Å². The van der Waals surface area contributed by atoms with Crippen LogP contribution < -0.4 is 0 Å². The lowest BCUT2D eigenvalue weighted by atomic mass is 9.65. The van der Waals surface area contributed by atoms with Gasteiger partial charge in [-0.2, -0.15) is 0 Å². The zero-order valence-corrected chi connectivity index (χ0v) is 16.2. The van der Waals surface area contributed by atoms with Crippen LogP contribution in [0.3, 0.4) is 0 Å². The van der Waals surface area contributed by atoms with Crippen LogP contribution in [0.4, 0.5) is 0 Å². The van der Waals surface area contributed by atoms with Crippen LogP contribution in [0.25, 0.3) is 4.48 Å². The summed E-state index contributed by atoms with van der Waals surface area (Å²) in [6.07, 6.45) is 10.2. The first-order valence-corrected chi connectivity index (χ1v) is 9.77. The van der Waals surface area contributed by atoms with E-state index in [0.29, 0.717) is 0 Å². The lowest BCUT2D eigenvalue weighted by Gasteiger charge is -2.40. The maximum atomic E-state index is 3.83. The average Bonchev–Trinajstić information content (AvgIpc) is 2.52. The first-order valence-electron chi connectivity index (χ1n) is 8.98. The van der Waals surface area contributed by atoms with Crippen molar-refractivity contribution in [3.05, 3.63) is 41.0 Å². The third-order valence-electron chi connectivity index (χ3n) is 5.54. The van der Waals surface area contributed by atoms with Crippen molar-refractivity contribution in [1.29, 1.82) is 0 Å². The number of rotatable bonds is 7. The van der Waals surface area contributed by atoms with Crippen LogP contribution in [0, 0.1) is 24.7 Å². The number of unbranched alkanes of at least 4 members (excludes halogenated alkanes) is 2. The molecular weight excluding hydrogens is 332 g/mol. The Hall–Kier alpha value is -0.560. The highest BCUT2D eigenvalue weighted by molar-refractivity contribution is 9.15. The molecule has 1 aromatic carbocycles. The topological polar surface area (TPSA) is 0 Å². The van der Waals surface area contributed by atoms with Crippen molar-refractivity contribution in [1.82, 2.24) is 0 Å². The Labute approximate surface area is 145 Å². The summed E-state index contributed by atoms with van der Waals surface area (Å²) in [5.74, 6) is 2.69. The molecule has 1 aromatic rings. The van der Waals surface area contributed by atoms with Gasteiger partial charge in [-0.25, -0.2) is 0 Å². The lowest BCUT2D eigenvalue weighted by molar-refractivity contribution is 0.106. The smallest absolute Gasteiger partial charge is 0.0210 e. The molecule has 1 saturated carbocycles. The van der Waals surface area contributed by atoms with Crippen LogP contribution in [-0.2, 0) is 6.42 Å². The molecule has 3 unspecified atom stereocenters. The molecule has 1 aliphatic rings. The molecule has 0 aromatic heterocycles. The van der Waals surface area contributed by atoms with Gasteiger partial charge in [-0.05, 0) is 67.1 Å². The van der Waals surface area contributed by atoms with E-state index in [1.54, 1.807) is 0 Å². The maximum Gasteiger partial charge on any atom is 0.0210 e. The standard InChI is InChI=1S/C21H31Br/c1-5-6-7-8-18-10-9-15(2)20(14-18)21(22)12-11-19-13-16(3)17(19)4/h9-10,12,14,16-17,19H,5-8,11,13H2,1-4H3/b21-12+. The van der Waals surface area contributed by atoms with E-state index >= 15 is 0 Å². The average molecular weight is 363 g/mol. The van der Waals surface area contributed by atoms with Crippen LogP contribution in [0.1, 0.15) is 69.6 Å². The van der Waals surface area contributed by atoms with Gasteiger partial charge in [0.15, 0.2) is 0 Å². The van der Waals surface area contributed by atoms with E-state index in [4.69, 9.17) is 0 Å². The zero-order chi connectivity index (χ0) is 16.1. The van der Waals surface area contributed by atoms with Gasteiger partial charge in [0.2, 0.25) is 0 Å². The van der Waals surface area contributed by atoms with E-state index in [1.165, 1.54) is 59.7 Å². The predicted octanol–water partition coefficient (Wildman–Crippen LogP) is 7.15. The summed E-state index contributed by atoms with van der Waals surface area (Å²) in [4.78, 5) is 0. The third-order valence-corrected chi connectivity index (χ3v) is 6.29. The van der Waals surface area contributed by atoms with Gasteiger partial charge in [-0.15, -0.1) is 0 Å². The second-order valence-electron chi connectivity index (χ2n) is 7.23. The lowest BCUT2D eigenvalue weighted by Crippen LogP contribution is -2.31. The van der Waals surface area contributed by atoms with Gasteiger partial charge in [0.1, 0.15) is 0 Å². The summed E-state index contributed by atoms with van der Waals surface area (Å²) < 4.78 is 1.29. The van der Waals surface area contributed by atoms with Gasteiger partial charge in [0, 0.05) is 4.48 Å². The van der Waals surface area contributed by atoms with Crippen molar-refractivity contribution >= 4 is 20.4 Å². The Morgan fingerprint density at radius 2 is 2.05 bits per heavy atom. The Bertz CT molecular complexity index is 515. The minimum absolute atomic E-state index is 0.885. The number of hydrogen-bond acceptors (Lipinski definition) is 0. The highest BCUT2D eigenvalue weighted by atomic mass is 79.9. The number of aryl methyl sites for hydroxylation is 2. The largest absolute Gasteiger partial charge is 0.0694 e. The van der Waals surface area contributed by atoms with Crippen molar-refractivity contribution in [2.45, 2.75) is 66.2 Å². The molecule has 1 fully saturated rings. The van der Waals surface area contributed by atoms with E-state index < -0.39 is 0 Å². The van der Waals surface area contributed by atoms with E-state index in [0.717, 1.165) is 17.8 Å². The molecule has 22 heavy (non-hydrogen) atoms. The minimum atomic E-state index is 0.885. The summed E-state index contributed by atoms with van der Waals surface area (Å²) >= 11 is 3.83. The molecule has 0 N–H and O–H groups in total. The first-order chi connectivity index (χ1) is 10.5. The Balaban J connectivity index is 2.01. The van der Waals surface area contributed by atoms with Gasteiger partial charge in [0.25, 0.3) is 0 Å². The van der Waals surface area contributed by atoms with Crippen LogP contribution in [0.5, 0.6) is 0 Å². The van der Waals surface area contributed by atoms with Crippen LogP contribution in [-0.4, -0.2) is 0 Å². The summed E-state index contributed by atoms with van der Waals surface area (Å²) in [5.41, 5.74) is 4.23. The molecule has 1 heteroatoms. The molecule has 0 heterocycles. The number of allylic oxidation sites excluding steroid dienone is 1. The van der Waals surface area contributed by atoms with Gasteiger partial charge in [-0.1, -0.05) is 73.8 Å². The molecule has 0 radical (unpaired) electrons. The van der Waals surface area contributed by atoms with Crippen LogP contribution in [0.2, 0.25) is 0 Å². The Morgan fingerprint density at radius 1 is 1.27 bits per heavy atom. The fraction of sp³-hybridized carbons (Fsp3) is 0.619. The fourth-order valence-corrected chi connectivity index (χ4v) is 4.13. The van der Waals surface area contributed by atoms with Gasteiger partial charge in [-0.3, -0.25) is 0 Å². The molecular formula is C21H31Br. The maximum absolute atomic E-state index is 3.83. The van der Waals surface area contributed by atoms with Gasteiger partial charge in [0.05, 0.1) is 0 Å². The van der Waals surface area contributed by atoms with Gasteiger partial charge >= 0.3 is 0 Å². The first kappa shape index (κ1) is 17.8. The van der Waals surface area contributed by atoms with Gasteiger partial charge < -0.3 is 0 Å². The monoisotopic (exact) mass is 362 g/mol. The molecule has 0 spiro atoms. The third kappa shape index (κ3) is 4.47. The molecule has 0 bridgehead atoms. The molecule has 0 amide bonds. The molecule has 0 aliphatic heterocycles. The molecule has 0 saturated heterocycles. The van der Waals surface area contributed by atoms with Crippen molar-refractivity contribution < 1.29 is 0 Å². The molecule has 0 nitrogen and oxygen atoms in total. The zero-order valence-electron chi connectivity index (χ0n) is 14.7. The number of halogens is 1. The Kier molecular flexibility index (Phi) is 6.74. The van der Waals surface area contributed by atoms with E-state index in [1.807, 2.05) is 0 Å².